The van der Waals surface area contributed by atoms with Gasteiger partial charge in [-0.15, -0.1) is 11.6 Å². The van der Waals surface area contributed by atoms with E-state index in [1.165, 1.54) is 4.90 Å². The molecule has 0 saturated heterocycles. The Morgan fingerprint density at radius 1 is 1.39 bits per heavy atom. The summed E-state index contributed by atoms with van der Waals surface area (Å²) < 4.78 is 0. The van der Waals surface area contributed by atoms with Crippen LogP contribution in [-0.4, -0.2) is 24.4 Å². The molecule has 0 radical (unpaired) electrons. The van der Waals surface area contributed by atoms with E-state index in [1.54, 1.807) is 0 Å². The lowest BCUT2D eigenvalue weighted by Crippen LogP contribution is -2.43. The van der Waals surface area contributed by atoms with Crippen LogP contribution in [0.2, 0.25) is 0 Å². The Hall–Kier alpha value is -1.55. The molecule has 0 atom stereocenters. The van der Waals surface area contributed by atoms with Crippen molar-refractivity contribution in [3.05, 3.63) is 29.8 Å². The number of halogens is 1. The van der Waals surface area contributed by atoms with Crippen molar-refractivity contribution < 1.29 is 9.59 Å². The first-order chi connectivity index (χ1) is 8.58. The molecule has 0 aliphatic heterocycles. The molecule has 0 saturated carbocycles. The number of carbonyl (C=O) groups excluding carboxylic acids is 2. The summed E-state index contributed by atoms with van der Waals surface area (Å²) in [4.78, 5) is 24.8. The highest BCUT2D eigenvalue weighted by Crippen LogP contribution is 2.15. The summed E-state index contributed by atoms with van der Waals surface area (Å²) in [5, 5.41) is 2.31. The van der Waals surface area contributed by atoms with Gasteiger partial charge in [0.2, 0.25) is 5.91 Å². The van der Waals surface area contributed by atoms with Gasteiger partial charge in [-0.05, 0) is 31.5 Å². The topological polar surface area (TPSA) is 49.4 Å². The number of hydrogen-bond donors (Lipinski definition) is 1. The molecule has 5 heteroatoms. The minimum absolute atomic E-state index is 0.138. The second kappa shape index (κ2) is 7.01. The summed E-state index contributed by atoms with van der Waals surface area (Å²) in [5.41, 5.74) is 1.83. The number of rotatable bonds is 4. The molecule has 0 unspecified atom stereocenters. The maximum Gasteiger partial charge on any atom is 0.328 e. The zero-order chi connectivity index (χ0) is 13.5. The van der Waals surface area contributed by atoms with Gasteiger partial charge >= 0.3 is 6.03 Å². The van der Waals surface area contributed by atoms with Crippen LogP contribution in [-0.2, 0) is 4.79 Å². The number of nitrogens with zero attached hydrogens (tertiary/aromatic N) is 1. The molecule has 1 rings (SSSR count). The number of aryl methyl sites for hydroxylation is 1. The third-order valence-corrected chi connectivity index (χ3v) is 2.63. The van der Waals surface area contributed by atoms with Crippen molar-refractivity contribution in [2.75, 3.05) is 17.3 Å². The number of anilines is 1. The van der Waals surface area contributed by atoms with E-state index in [1.807, 2.05) is 38.1 Å². The highest BCUT2D eigenvalue weighted by molar-refractivity contribution is 6.19. The van der Waals surface area contributed by atoms with E-state index in [-0.39, 0.29) is 18.2 Å². The predicted octanol–water partition coefficient (Wildman–Crippen LogP) is 2.69. The van der Waals surface area contributed by atoms with Gasteiger partial charge in [0.25, 0.3) is 0 Å². The summed E-state index contributed by atoms with van der Waals surface area (Å²) in [7, 11) is 0. The zero-order valence-electron chi connectivity index (χ0n) is 10.6. The molecule has 0 heterocycles. The first-order valence-electron chi connectivity index (χ1n) is 5.82. The van der Waals surface area contributed by atoms with Crippen LogP contribution in [0.3, 0.4) is 0 Å². The van der Waals surface area contributed by atoms with E-state index < -0.39 is 6.03 Å². The summed E-state index contributed by atoms with van der Waals surface area (Å²) in [6.45, 7) is 4.30. The third-order valence-electron chi connectivity index (χ3n) is 2.44. The van der Waals surface area contributed by atoms with E-state index in [2.05, 4.69) is 5.32 Å². The number of amides is 3. The summed E-state index contributed by atoms with van der Waals surface area (Å²) in [5.74, 6) is -0.156. The molecule has 0 fully saturated rings. The van der Waals surface area contributed by atoms with Gasteiger partial charge in [0.05, 0.1) is 0 Å². The van der Waals surface area contributed by atoms with Crippen LogP contribution in [0.4, 0.5) is 10.5 Å². The highest BCUT2D eigenvalue weighted by Gasteiger charge is 2.16. The quantitative estimate of drug-likeness (QED) is 0.854. The summed E-state index contributed by atoms with van der Waals surface area (Å²) in [6.07, 6.45) is 0.138. The van der Waals surface area contributed by atoms with Crippen molar-refractivity contribution in [1.29, 1.82) is 0 Å². The number of urea groups is 1. The van der Waals surface area contributed by atoms with Crippen LogP contribution in [0.15, 0.2) is 24.3 Å². The number of benzene rings is 1. The molecule has 1 aromatic rings. The highest BCUT2D eigenvalue weighted by atomic mass is 35.5. The molecule has 1 N–H and O–H groups in total. The van der Waals surface area contributed by atoms with Crippen molar-refractivity contribution in [2.24, 2.45) is 0 Å². The molecule has 18 heavy (non-hydrogen) atoms. The standard InChI is InChI=1S/C13H17ClN2O2/c1-3-16(11-6-4-5-10(2)9-11)13(18)15-12(17)7-8-14/h4-6,9H,3,7-8H2,1-2H3,(H,15,17,18). The van der Waals surface area contributed by atoms with Crippen LogP contribution in [0.25, 0.3) is 0 Å². The Morgan fingerprint density at radius 3 is 2.67 bits per heavy atom. The number of carbonyl (C=O) groups is 2. The van der Waals surface area contributed by atoms with Gasteiger partial charge in [-0.2, -0.15) is 0 Å². The molecule has 0 aliphatic carbocycles. The van der Waals surface area contributed by atoms with Gasteiger partial charge in [-0.1, -0.05) is 12.1 Å². The predicted molar refractivity (Wildman–Crippen MR) is 73.1 cm³/mol. The fraction of sp³-hybridized carbons (Fsp3) is 0.385. The van der Waals surface area contributed by atoms with Gasteiger partial charge in [0, 0.05) is 24.5 Å². The molecule has 3 amide bonds. The van der Waals surface area contributed by atoms with Gasteiger partial charge < -0.3 is 0 Å². The van der Waals surface area contributed by atoms with E-state index in [4.69, 9.17) is 11.6 Å². The molecule has 0 bridgehead atoms. The van der Waals surface area contributed by atoms with Crippen molar-refractivity contribution >= 4 is 29.2 Å². The molecule has 0 spiro atoms. The minimum atomic E-state index is -0.418. The van der Waals surface area contributed by atoms with Crippen LogP contribution in [0.1, 0.15) is 18.9 Å². The fourth-order valence-corrected chi connectivity index (χ4v) is 1.75. The molecule has 0 aliphatic rings. The first kappa shape index (κ1) is 14.5. The normalized spacial score (nSPS) is 9.94. The Morgan fingerprint density at radius 2 is 2.11 bits per heavy atom. The second-order valence-electron chi connectivity index (χ2n) is 3.88. The Bertz CT molecular complexity index is 435. The molecule has 98 valence electrons. The molecular weight excluding hydrogens is 252 g/mol. The van der Waals surface area contributed by atoms with Crippen molar-refractivity contribution in [3.63, 3.8) is 0 Å². The van der Waals surface area contributed by atoms with Crippen LogP contribution in [0.5, 0.6) is 0 Å². The van der Waals surface area contributed by atoms with Crippen molar-refractivity contribution in [1.82, 2.24) is 5.32 Å². The van der Waals surface area contributed by atoms with Crippen molar-refractivity contribution in [2.45, 2.75) is 20.3 Å². The van der Waals surface area contributed by atoms with Gasteiger partial charge in [-0.3, -0.25) is 15.0 Å². The molecule has 0 aromatic heterocycles. The van der Waals surface area contributed by atoms with E-state index in [0.29, 0.717) is 6.54 Å². The van der Waals surface area contributed by atoms with Crippen LogP contribution in [0, 0.1) is 6.92 Å². The summed E-state index contributed by atoms with van der Waals surface area (Å²) >= 11 is 5.45. The van der Waals surface area contributed by atoms with E-state index >= 15 is 0 Å². The third kappa shape index (κ3) is 4.04. The Balaban J connectivity index is 2.77. The Kier molecular flexibility index (Phi) is 5.65. The van der Waals surface area contributed by atoms with Crippen LogP contribution < -0.4 is 10.2 Å². The molecule has 1 aromatic carbocycles. The smallest absolute Gasteiger partial charge is 0.294 e. The monoisotopic (exact) mass is 268 g/mol. The largest absolute Gasteiger partial charge is 0.328 e. The lowest BCUT2D eigenvalue weighted by Gasteiger charge is -2.21. The van der Waals surface area contributed by atoms with Gasteiger partial charge in [-0.25, -0.2) is 4.79 Å². The maximum atomic E-state index is 11.9. The SMILES string of the molecule is CCN(C(=O)NC(=O)CCCl)c1cccc(C)c1. The average molecular weight is 269 g/mol. The lowest BCUT2D eigenvalue weighted by atomic mass is 10.2. The number of hydrogen-bond acceptors (Lipinski definition) is 2. The lowest BCUT2D eigenvalue weighted by molar-refractivity contribution is -0.119. The van der Waals surface area contributed by atoms with E-state index in [0.717, 1.165) is 11.3 Å². The van der Waals surface area contributed by atoms with Crippen LogP contribution >= 0.6 is 11.6 Å². The fourth-order valence-electron chi connectivity index (χ4n) is 1.57. The molecular formula is C13H17ClN2O2. The summed E-state index contributed by atoms with van der Waals surface area (Å²) in [6, 6.07) is 7.14. The van der Waals surface area contributed by atoms with Gasteiger partial charge in [0.15, 0.2) is 0 Å². The number of imide groups is 1. The molecule has 4 nitrogen and oxygen atoms in total. The Labute approximate surface area is 112 Å². The first-order valence-corrected chi connectivity index (χ1v) is 6.36. The van der Waals surface area contributed by atoms with E-state index in [9.17, 15) is 9.59 Å². The zero-order valence-corrected chi connectivity index (χ0v) is 11.3. The maximum absolute atomic E-state index is 11.9. The average Bonchev–Trinajstić information content (AvgIpc) is 2.30. The number of nitrogens with one attached hydrogen (secondary N) is 1. The van der Waals surface area contributed by atoms with Crippen molar-refractivity contribution in [3.8, 4) is 0 Å². The van der Waals surface area contributed by atoms with Gasteiger partial charge in [0.1, 0.15) is 0 Å². The number of alkyl halides is 1. The second-order valence-corrected chi connectivity index (χ2v) is 4.25. The minimum Gasteiger partial charge on any atom is -0.294 e.